The van der Waals surface area contributed by atoms with Gasteiger partial charge in [0, 0.05) is 35.5 Å². The van der Waals surface area contributed by atoms with Crippen molar-refractivity contribution >= 4 is 16.3 Å². The summed E-state index contributed by atoms with van der Waals surface area (Å²) in [6, 6.07) is 0. The summed E-state index contributed by atoms with van der Waals surface area (Å²) < 4.78 is 32.4. The molecule has 0 aliphatic heterocycles. The van der Waals surface area contributed by atoms with Crippen LogP contribution >= 0.6 is 16.3 Å². The summed E-state index contributed by atoms with van der Waals surface area (Å²) in [6.45, 7) is 0. The second kappa shape index (κ2) is 6.04. The van der Waals surface area contributed by atoms with Crippen molar-refractivity contribution < 1.29 is 22.7 Å². The topological polar surface area (TPSA) is 57.2 Å². The van der Waals surface area contributed by atoms with Gasteiger partial charge in [-0.1, -0.05) is 0 Å². The fourth-order valence-corrected chi connectivity index (χ4v) is 3.55. The van der Waals surface area contributed by atoms with Crippen molar-refractivity contribution in [3.05, 3.63) is 0 Å². The van der Waals surface area contributed by atoms with E-state index in [1.807, 2.05) is 0 Å². The molecule has 0 aliphatic rings. The van der Waals surface area contributed by atoms with E-state index >= 15 is 0 Å². The van der Waals surface area contributed by atoms with Crippen LogP contribution < -0.4 is 0 Å². The lowest BCUT2D eigenvalue weighted by Crippen LogP contribution is -2.13. The van der Waals surface area contributed by atoms with Gasteiger partial charge in [-0.15, -0.1) is 4.44 Å². The van der Waals surface area contributed by atoms with Crippen LogP contribution in [0.4, 0.5) is 0 Å². The zero-order valence-electron chi connectivity index (χ0n) is 8.38. The van der Waals surface area contributed by atoms with Crippen molar-refractivity contribution in [2.75, 3.05) is 35.5 Å². The van der Waals surface area contributed by atoms with Crippen molar-refractivity contribution in [1.82, 2.24) is 4.44 Å². The highest BCUT2D eigenvalue weighted by Gasteiger charge is 2.35. The Kier molecular flexibility index (Phi) is 6.25. The predicted octanol–water partition coefficient (Wildman–Crippen LogP) is 1.84. The van der Waals surface area contributed by atoms with Crippen LogP contribution in [0.3, 0.4) is 0 Å². The molecule has 80 valence electrons. The van der Waals surface area contributed by atoms with Gasteiger partial charge in [0.1, 0.15) is 0 Å². The van der Waals surface area contributed by atoms with Crippen LogP contribution in [0.1, 0.15) is 0 Å². The summed E-state index contributed by atoms with van der Waals surface area (Å²) >= 11 is 0. The van der Waals surface area contributed by atoms with Gasteiger partial charge in [0.25, 0.3) is 8.53 Å². The normalized spacial score (nSPS) is 12.8. The average molecular weight is 231 g/mol. The summed E-state index contributed by atoms with van der Waals surface area (Å²) in [5, 5.41) is 0. The third-order valence-electron chi connectivity index (χ3n) is 1.36. The molecule has 13 heavy (non-hydrogen) atoms. The number of hydrogen-bond acceptors (Lipinski definition) is 5. The molecule has 0 spiro atoms. The minimum absolute atomic E-state index is 1.31. The fraction of sp³-hybridized carbons (Fsp3) is 1.00. The minimum Gasteiger partial charge on any atom is -0.325 e. The summed E-state index contributed by atoms with van der Waals surface area (Å²) in [5.74, 6) is 0. The van der Waals surface area contributed by atoms with E-state index < -0.39 is 16.3 Å². The zero-order valence-corrected chi connectivity index (χ0v) is 10.2. The predicted molar refractivity (Wildman–Crippen MR) is 50.3 cm³/mol. The number of rotatable bonds is 6. The van der Waals surface area contributed by atoms with Crippen molar-refractivity contribution in [3.63, 3.8) is 0 Å². The van der Waals surface area contributed by atoms with Crippen LogP contribution in [-0.2, 0) is 22.7 Å². The maximum Gasteiger partial charge on any atom is 0.414 e. The molecule has 0 unspecified atom stereocenters. The highest BCUT2D eigenvalue weighted by atomic mass is 31.2. The molecule has 0 heterocycles. The third-order valence-corrected chi connectivity index (χ3v) is 5.19. The molecule has 0 rings (SSSR count). The first-order chi connectivity index (χ1) is 6.05. The summed E-state index contributed by atoms with van der Waals surface area (Å²) in [7, 11) is 2.43. The maximum absolute atomic E-state index is 11.7. The number of hydrogen-bond donors (Lipinski definition) is 0. The summed E-state index contributed by atoms with van der Waals surface area (Å²) in [6.07, 6.45) is 0. The van der Waals surface area contributed by atoms with Gasteiger partial charge in [-0.3, -0.25) is 9.05 Å². The lowest BCUT2D eigenvalue weighted by Gasteiger charge is -2.27. The van der Waals surface area contributed by atoms with Crippen molar-refractivity contribution in [2.45, 2.75) is 0 Å². The number of nitrogens with zero attached hydrogens (tertiary/aromatic N) is 1. The van der Waals surface area contributed by atoms with Crippen molar-refractivity contribution in [2.24, 2.45) is 0 Å². The lowest BCUT2D eigenvalue weighted by molar-refractivity contribution is 0.230. The highest BCUT2D eigenvalue weighted by Crippen LogP contribution is 2.61. The quantitative estimate of drug-likeness (QED) is 0.650. The molecular weight excluding hydrogens is 216 g/mol. The molecule has 0 aromatic rings. The van der Waals surface area contributed by atoms with Crippen LogP contribution in [0, 0.1) is 0 Å². The van der Waals surface area contributed by atoms with E-state index in [2.05, 4.69) is 0 Å². The lowest BCUT2D eigenvalue weighted by atomic mass is 11.6. The van der Waals surface area contributed by atoms with Crippen LogP contribution in [-0.4, -0.2) is 39.9 Å². The first-order valence-corrected chi connectivity index (χ1v) is 6.02. The largest absolute Gasteiger partial charge is 0.414 e. The molecule has 0 aromatic carbocycles. The van der Waals surface area contributed by atoms with E-state index in [0.717, 1.165) is 0 Å². The van der Waals surface area contributed by atoms with Gasteiger partial charge in [-0.2, -0.15) is 0 Å². The molecule has 6 nitrogen and oxygen atoms in total. The van der Waals surface area contributed by atoms with Gasteiger partial charge in [0.15, 0.2) is 0 Å². The van der Waals surface area contributed by atoms with E-state index in [0.29, 0.717) is 0 Å². The Labute approximate surface area is 79.7 Å². The minimum atomic E-state index is -3.25. The van der Waals surface area contributed by atoms with Gasteiger partial charge >= 0.3 is 7.75 Å². The molecule has 0 amide bonds. The smallest absolute Gasteiger partial charge is 0.325 e. The van der Waals surface area contributed by atoms with Gasteiger partial charge in [-0.25, -0.2) is 4.57 Å². The molecular formula is C5H15NO5P2. The first-order valence-electron chi connectivity index (χ1n) is 3.39. The third kappa shape index (κ3) is 3.26. The van der Waals surface area contributed by atoms with Gasteiger partial charge in [-0.05, 0) is 0 Å². The fourth-order valence-electron chi connectivity index (χ4n) is 0.711. The Balaban J connectivity index is 4.52. The Morgan fingerprint density at radius 1 is 1.08 bits per heavy atom. The van der Waals surface area contributed by atoms with E-state index in [4.69, 9.17) is 18.1 Å². The molecule has 0 radical (unpaired) electrons. The van der Waals surface area contributed by atoms with E-state index in [1.54, 1.807) is 7.05 Å². The van der Waals surface area contributed by atoms with Gasteiger partial charge in [0.2, 0.25) is 0 Å². The second-order valence-electron chi connectivity index (χ2n) is 1.93. The molecule has 0 atom stereocenters. The highest BCUT2D eigenvalue weighted by molar-refractivity contribution is 7.64. The van der Waals surface area contributed by atoms with Crippen LogP contribution in [0.5, 0.6) is 0 Å². The molecule has 0 saturated carbocycles. The van der Waals surface area contributed by atoms with Gasteiger partial charge in [0.05, 0.1) is 0 Å². The second-order valence-corrected chi connectivity index (χ2v) is 6.32. The molecule has 0 N–H and O–H groups in total. The monoisotopic (exact) mass is 231 g/mol. The van der Waals surface area contributed by atoms with E-state index in [-0.39, 0.29) is 0 Å². The average Bonchev–Trinajstić information content (AvgIpc) is 2.18. The SMILES string of the molecule is COP(OC)N(C)P(=O)(OC)OC. The van der Waals surface area contributed by atoms with Crippen molar-refractivity contribution in [1.29, 1.82) is 0 Å². The van der Waals surface area contributed by atoms with Crippen LogP contribution in [0.25, 0.3) is 0 Å². The van der Waals surface area contributed by atoms with Crippen LogP contribution in [0.2, 0.25) is 0 Å². The molecule has 0 fully saturated rings. The Bertz CT molecular complexity index is 178. The van der Waals surface area contributed by atoms with E-state index in [9.17, 15) is 4.57 Å². The zero-order chi connectivity index (χ0) is 10.5. The maximum atomic E-state index is 11.7. The molecule has 0 saturated heterocycles. The summed E-state index contributed by atoms with van der Waals surface area (Å²) in [4.78, 5) is 0. The Morgan fingerprint density at radius 2 is 1.46 bits per heavy atom. The molecule has 0 aromatic heterocycles. The molecule has 8 heteroatoms. The molecule has 0 bridgehead atoms. The Morgan fingerprint density at radius 3 is 1.69 bits per heavy atom. The Hall–Kier alpha value is 0.460. The van der Waals surface area contributed by atoms with Crippen molar-refractivity contribution in [3.8, 4) is 0 Å². The molecule has 0 aliphatic carbocycles. The first kappa shape index (κ1) is 13.5. The van der Waals surface area contributed by atoms with Crippen LogP contribution in [0.15, 0.2) is 0 Å². The van der Waals surface area contributed by atoms with E-state index in [1.165, 1.54) is 32.9 Å². The summed E-state index contributed by atoms with van der Waals surface area (Å²) in [5.41, 5.74) is 0. The van der Waals surface area contributed by atoms with Gasteiger partial charge < -0.3 is 9.05 Å². The standard InChI is InChI=1S/C5H15NO5P2/c1-6(12(8-2)9-3)13(7,10-4)11-5/h1-5H3.